The highest BCUT2D eigenvalue weighted by atomic mass is 35.5. The number of hydrogen-bond donors (Lipinski definition) is 1. The normalized spacial score (nSPS) is 27.7. The van der Waals surface area contributed by atoms with Gasteiger partial charge in [0.1, 0.15) is 12.8 Å². The van der Waals surface area contributed by atoms with Crippen LogP contribution in [0.5, 0.6) is 0 Å². The first-order chi connectivity index (χ1) is 9.28. The molecule has 2 aliphatic heterocycles. The van der Waals surface area contributed by atoms with Crippen molar-refractivity contribution in [3.05, 3.63) is 29.3 Å². The van der Waals surface area contributed by atoms with Crippen LogP contribution < -0.4 is 10.6 Å². The summed E-state index contributed by atoms with van der Waals surface area (Å²) >= 11 is 5.86. The van der Waals surface area contributed by atoms with Crippen LogP contribution in [0, 0.1) is 11.3 Å². The number of anilines is 1. The lowest BCUT2D eigenvalue weighted by Crippen LogP contribution is -2.48. The van der Waals surface area contributed by atoms with Gasteiger partial charge >= 0.3 is 0 Å². The molecule has 2 fully saturated rings. The molecule has 0 amide bonds. The van der Waals surface area contributed by atoms with E-state index >= 15 is 0 Å². The number of nitrogens with one attached hydrogen (secondary N) is 1. The van der Waals surface area contributed by atoms with E-state index in [1.807, 2.05) is 24.3 Å². The summed E-state index contributed by atoms with van der Waals surface area (Å²) in [4.78, 5) is 7.79. The second kappa shape index (κ2) is 5.35. The predicted octanol–water partition coefficient (Wildman–Crippen LogP) is 1.91. The van der Waals surface area contributed by atoms with E-state index in [-0.39, 0.29) is 12.2 Å². The monoisotopic (exact) mass is 278 g/mol. The lowest BCUT2D eigenvalue weighted by molar-refractivity contribution is 0.132. The van der Waals surface area contributed by atoms with Crippen LogP contribution in [0.2, 0.25) is 5.02 Å². The molecule has 1 aromatic rings. The lowest BCUT2D eigenvalue weighted by atomic mass is 10.2. The van der Waals surface area contributed by atoms with Crippen molar-refractivity contribution in [2.75, 3.05) is 18.3 Å². The Morgan fingerprint density at radius 3 is 2.89 bits per heavy atom. The van der Waals surface area contributed by atoms with Crippen LogP contribution in [0.25, 0.3) is 0 Å². The molecule has 0 aromatic heterocycles. The number of nitriles is 1. The van der Waals surface area contributed by atoms with E-state index in [1.165, 1.54) is 0 Å². The third kappa shape index (κ3) is 2.53. The Balaban J connectivity index is 1.67. The van der Waals surface area contributed by atoms with Crippen molar-refractivity contribution < 1.29 is 4.84 Å². The van der Waals surface area contributed by atoms with Gasteiger partial charge in [-0.05, 0) is 37.1 Å². The molecule has 0 saturated carbocycles. The summed E-state index contributed by atoms with van der Waals surface area (Å²) in [5, 5.41) is 11.5. The number of hydrogen-bond acceptors (Lipinski definition) is 5. The largest absolute Gasteiger partial charge is 0.269 e. The van der Waals surface area contributed by atoms with E-state index in [9.17, 15) is 0 Å². The fraction of sp³-hybridized carbons (Fsp3) is 0.462. The van der Waals surface area contributed by atoms with Gasteiger partial charge in [0.25, 0.3) is 0 Å². The van der Waals surface area contributed by atoms with E-state index in [2.05, 4.69) is 16.4 Å². The summed E-state index contributed by atoms with van der Waals surface area (Å²) in [6.07, 6.45) is 2.07. The number of rotatable bonds is 2. The highest BCUT2D eigenvalue weighted by Gasteiger charge is 2.35. The number of likely N-dealkylation sites (tertiary alicyclic amines) is 1. The Hall–Kier alpha value is -1.32. The van der Waals surface area contributed by atoms with Crippen molar-refractivity contribution in [3.63, 3.8) is 0 Å². The standard InChI is InChI=1S/C13H15ClN4O/c14-10-3-5-11(6-4-10)18-16-13(9-19-18)17-7-1-2-12(17)8-15/h3-6,12-13,16H,1-2,7,9H2. The van der Waals surface area contributed by atoms with Gasteiger partial charge in [-0.1, -0.05) is 11.6 Å². The second-order valence-corrected chi connectivity index (χ2v) is 5.17. The minimum atomic E-state index is -0.00809. The fourth-order valence-corrected chi connectivity index (χ4v) is 2.68. The topological polar surface area (TPSA) is 51.5 Å². The summed E-state index contributed by atoms with van der Waals surface area (Å²) in [6, 6.07) is 9.77. The minimum Gasteiger partial charge on any atom is -0.269 e. The molecule has 2 unspecified atom stereocenters. The van der Waals surface area contributed by atoms with Gasteiger partial charge in [0, 0.05) is 11.6 Å². The SMILES string of the molecule is N#CC1CCCN1C1CON(c2ccc(Cl)cc2)N1. The smallest absolute Gasteiger partial charge is 0.107 e. The van der Waals surface area contributed by atoms with Crippen LogP contribution in [0.15, 0.2) is 24.3 Å². The Bertz CT molecular complexity index is 486. The zero-order chi connectivity index (χ0) is 13.2. The lowest BCUT2D eigenvalue weighted by Gasteiger charge is -2.25. The minimum absolute atomic E-state index is 0.00809. The molecule has 1 N–H and O–H groups in total. The first-order valence-corrected chi connectivity index (χ1v) is 6.76. The van der Waals surface area contributed by atoms with Crippen molar-refractivity contribution in [3.8, 4) is 6.07 Å². The maximum Gasteiger partial charge on any atom is 0.107 e. The number of benzene rings is 1. The third-order valence-corrected chi connectivity index (χ3v) is 3.78. The number of hydrazine groups is 1. The van der Waals surface area contributed by atoms with Crippen molar-refractivity contribution in [1.82, 2.24) is 10.3 Å². The molecule has 3 rings (SSSR count). The molecule has 2 atom stereocenters. The van der Waals surface area contributed by atoms with Crippen LogP contribution in [0.3, 0.4) is 0 Å². The first-order valence-electron chi connectivity index (χ1n) is 6.38. The highest BCUT2D eigenvalue weighted by molar-refractivity contribution is 6.30. The average Bonchev–Trinajstić information content (AvgIpc) is 3.07. The van der Waals surface area contributed by atoms with Gasteiger partial charge < -0.3 is 0 Å². The van der Waals surface area contributed by atoms with Crippen LogP contribution in [-0.4, -0.2) is 30.3 Å². The van der Waals surface area contributed by atoms with Gasteiger partial charge in [0.15, 0.2) is 0 Å². The Morgan fingerprint density at radius 1 is 1.37 bits per heavy atom. The summed E-state index contributed by atoms with van der Waals surface area (Å²) in [5.41, 5.74) is 4.18. The van der Waals surface area contributed by atoms with E-state index in [1.54, 1.807) is 5.17 Å². The molecule has 0 bridgehead atoms. The molecule has 6 heteroatoms. The molecule has 19 heavy (non-hydrogen) atoms. The summed E-state index contributed by atoms with van der Waals surface area (Å²) in [5.74, 6) is 0. The molecule has 5 nitrogen and oxygen atoms in total. The maximum atomic E-state index is 9.12. The van der Waals surface area contributed by atoms with Gasteiger partial charge in [-0.15, -0.1) is 0 Å². The van der Waals surface area contributed by atoms with Crippen LogP contribution >= 0.6 is 11.6 Å². The van der Waals surface area contributed by atoms with Crippen molar-refractivity contribution in [2.45, 2.75) is 25.0 Å². The first kappa shape index (κ1) is 12.7. The Morgan fingerprint density at radius 2 is 2.16 bits per heavy atom. The second-order valence-electron chi connectivity index (χ2n) is 4.74. The van der Waals surface area contributed by atoms with Crippen LogP contribution in [0.4, 0.5) is 5.69 Å². The molecule has 2 aliphatic rings. The highest BCUT2D eigenvalue weighted by Crippen LogP contribution is 2.24. The quantitative estimate of drug-likeness (QED) is 0.896. The molecule has 2 heterocycles. The number of nitrogens with zero attached hydrogens (tertiary/aromatic N) is 3. The number of halogens is 1. The van der Waals surface area contributed by atoms with Crippen molar-refractivity contribution in [2.24, 2.45) is 0 Å². The van der Waals surface area contributed by atoms with Crippen LogP contribution in [0.1, 0.15) is 12.8 Å². The van der Waals surface area contributed by atoms with Gasteiger partial charge in [0.2, 0.25) is 0 Å². The summed E-state index contributed by atoms with van der Waals surface area (Å²) in [6.45, 7) is 1.48. The van der Waals surface area contributed by atoms with E-state index in [0.717, 1.165) is 25.1 Å². The Labute approximate surface area is 117 Å². The summed E-state index contributed by atoms with van der Waals surface area (Å²) < 4.78 is 0. The molecule has 1 aromatic carbocycles. The van der Waals surface area contributed by atoms with Gasteiger partial charge in [0.05, 0.1) is 17.8 Å². The fourth-order valence-electron chi connectivity index (χ4n) is 2.55. The van der Waals surface area contributed by atoms with Gasteiger partial charge in [-0.3, -0.25) is 9.74 Å². The molecule has 0 aliphatic carbocycles. The van der Waals surface area contributed by atoms with E-state index in [4.69, 9.17) is 21.7 Å². The zero-order valence-electron chi connectivity index (χ0n) is 10.4. The predicted molar refractivity (Wildman–Crippen MR) is 72.1 cm³/mol. The summed E-state index contributed by atoms with van der Waals surface area (Å²) in [7, 11) is 0. The zero-order valence-corrected chi connectivity index (χ0v) is 11.2. The Kier molecular flexibility index (Phi) is 3.58. The molecular weight excluding hydrogens is 264 g/mol. The molecule has 100 valence electrons. The maximum absolute atomic E-state index is 9.12. The van der Waals surface area contributed by atoms with Crippen molar-refractivity contribution >= 4 is 17.3 Å². The third-order valence-electron chi connectivity index (χ3n) is 3.53. The van der Waals surface area contributed by atoms with E-state index in [0.29, 0.717) is 11.6 Å². The molecule has 0 spiro atoms. The van der Waals surface area contributed by atoms with Gasteiger partial charge in [-0.2, -0.15) is 15.9 Å². The molecule has 2 saturated heterocycles. The van der Waals surface area contributed by atoms with Crippen molar-refractivity contribution in [1.29, 1.82) is 5.26 Å². The van der Waals surface area contributed by atoms with E-state index < -0.39 is 0 Å². The molecule has 0 radical (unpaired) electrons. The van der Waals surface area contributed by atoms with Gasteiger partial charge in [-0.25, -0.2) is 0 Å². The average molecular weight is 279 g/mol. The molecular formula is C13H15ClN4O. The van der Waals surface area contributed by atoms with Crippen LogP contribution in [-0.2, 0) is 4.84 Å².